The molecule has 2 amide bonds. The SMILES string of the molecule is N=C(N)NCCC[C@H](N)C(=O)N[C@H](Cc1ccccc1)C(=O)N[C@@H](CS)C(=O)O. The van der Waals surface area contributed by atoms with E-state index in [1.807, 2.05) is 6.07 Å². The van der Waals surface area contributed by atoms with Gasteiger partial charge in [-0.05, 0) is 18.4 Å². The Bertz CT molecular complexity index is 703. The number of amides is 2. The van der Waals surface area contributed by atoms with Crippen LogP contribution in [0.2, 0.25) is 0 Å². The van der Waals surface area contributed by atoms with E-state index in [0.717, 1.165) is 5.56 Å². The zero-order valence-electron chi connectivity index (χ0n) is 15.9. The van der Waals surface area contributed by atoms with Crippen LogP contribution in [0.15, 0.2) is 30.3 Å². The van der Waals surface area contributed by atoms with Crippen molar-refractivity contribution in [2.45, 2.75) is 37.4 Å². The predicted octanol–water partition coefficient (Wildman–Crippen LogP) is -1.20. The van der Waals surface area contributed by atoms with Gasteiger partial charge in [0.05, 0.1) is 6.04 Å². The summed E-state index contributed by atoms with van der Waals surface area (Å²) in [6.07, 6.45) is 1.00. The van der Waals surface area contributed by atoms with Gasteiger partial charge in [0.15, 0.2) is 5.96 Å². The van der Waals surface area contributed by atoms with Crippen LogP contribution in [-0.4, -0.2) is 59.3 Å². The third-order valence-electron chi connectivity index (χ3n) is 4.06. The highest BCUT2D eigenvalue weighted by Crippen LogP contribution is 2.05. The van der Waals surface area contributed by atoms with Gasteiger partial charge in [0.1, 0.15) is 12.1 Å². The highest BCUT2D eigenvalue weighted by atomic mass is 32.1. The van der Waals surface area contributed by atoms with Crippen molar-refractivity contribution in [2.75, 3.05) is 12.3 Å². The second kappa shape index (κ2) is 12.6. The third kappa shape index (κ3) is 9.30. The molecule has 1 rings (SSSR count). The minimum Gasteiger partial charge on any atom is -0.480 e. The summed E-state index contributed by atoms with van der Waals surface area (Å²) >= 11 is 3.93. The van der Waals surface area contributed by atoms with Gasteiger partial charge in [-0.15, -0.1) is 0 Å². The first kappa shape index (κ1) is 24.2. The topological polar surface area (TPSA) is 183 Å². The second-order valence-corrected chi connectivity index (χ2v) is 6.79. The minimum atomic E-state index is -1.21. The lowest BCUT2D eigenvalue weighted by Gasteiger charge is -2.22. The summed E-state index contributed by atoms with van der Waals surface area (Å²) in [5.41, 5.74) is 11.9. The molecule has 29 heavy (non-hydrogen) atoms. The summed E-state index contributed by atoms with van der Waals surface area (Å²) in [5.74, 6) is -2.63. The molecule has 11 heteroatoms. The van der Waals surface area contributed by atoms with E-state index in [1.165, 1.54) is 0 Å². The number of nitrogens with one attached hydrogen (secondary N) is 4. The smallest absolute Gasteiger partial charge is 0.327 e. The van der Waals surface area contributed by atoms with Gasteiger partial charge < -0.3 is 32.5 Å². The fourth-order valence-corrected chi connectivity index (χ4v) is 2.72. The van der Waals surface area contributed by atoms with Crippen LogP contribution < -0.4 is 27.4 Å². The van der Waals surface area contributed by atoms with E-state index in [0.29, 0.717) is 19.4 Å². The molecule has 10 nitrogen and oxygen atoms in total. The maximum absolute atomic E-state index is 12.6. The average molecular weight is 425 g/mol. The number of carboxylic acid groups (broad SMARTS) is 1. The van der Waals surface area contributed by atoms with E-state index >= 15 is 0 Å². The van der Waals surface area contributed by atoms with Gasteiger partial charge in [-0.3, -0.25) is 15.0 Å². The molecule has 1 aromatic rings. The van der Waals surface area contributed by atoms with E-state index in [4.69, 9.17) is 22.0 Å². The fourth-order valence-electron chi connectivity index (χ4n) is 2.47. The van der Waals surface area contributed by atoms with Crippen molar-refractivity contribution in [2.24, 2.45) is 11.5 Å². The van der Waals surface area contributed by atoms with Gasteiger partial charge in [-0.25, -0.2) is 4.79 Å². The standard InChI is InChI=1S/C18H28N6O4S/c19-12(7-4-8-22-18(20)21)15(25)23-13(9-11-5-2-1-3-6-11)16(26)24-14(10-29)17(27)28/h1-3,5-6,12-14,29H,4,7-10,19H2,(H,23,25)(H,24,26)(H,27,28)(H4,20,21,22)/t12-,13+,14-/m0/s1. The predicted molar refractivity (Wildman–Crippen MR) is 113 cm³/mol. The molecule has 0 saturated heterocycles. The summed E-state index contributed by atoms with van der Waals surface area (Å²) < 4.78 is 0. The number of carbonyl (C=O) groups excluding carboxylic acids is 2. The van der Waals surface area contributed by atoms with Crippen molar-refractivity contribution in [3.05, 3.63) is 35.9 Å². The van der Waals surface area contributed by atoms with Crippen molar-refractivity contribution in [1.82, 2.24) is 16.0 Å². The van der Waals surface area contributed by atoms with E-state index in [2.05, 4.69) is 28.6 Å². The lowest BCUT2D eigenvalue weighted by Crippen LogP contribution is -2.55. The second-order valence-electron chi connectivity index (χ2n) is 6.42. The minimum absolute atomic E-state index is 0.0876. The first-order chi connectivity index (χ1) is 13.7. The van der Waals surface area contributed by atoms with Crippen molar-refractivity contribution in [3.8, 4) is 0 Å². The van der Waals surface area contributed by atoms with Crippen molar-refractivity contribution in [3.63, 3.8) is 0 Å². The highest BCUT2D eigenvalue weighted by molar-refractivity contribution is 7.80. The van der Waals surface area contributed by atoms with Crippen LogP contribution in [0.1, 0.15) is 18.4 Å². The summed E-state index contributed by atoms with van der Waals surface area (Å²) in [6.45, 7) is 0.395. The maximum atomic E-state index is 12.6. The lowest BCUT2D eigenvalue weighted by molar-refractivity contribution is -0.141. The number of hydrogen-bond donors (Lipinski definition) is 8. The van der Waals surface area contributed by atoms with Gasteiger partial charge in [-0.1, -0.05) is 30.3 Å². The number of benzene rings is 1. The van der Waals surface area contributed by atoms with Gasteiger partial charge in [-0.2, -0.15) is 12.6 Å². The molecule has 0 heterocycles. The molecule has 1 aromatic carbocycles. The Balaban J connectivity index is 2.76. The van der Waals surface area contributed by atoms with E-state index in [1.54, 1.807) is 24.3 Å². The highest BCUT2D eigenvalue weighted by Gasteiger charge is 2.27. The monoisotopic (exact) mass is 424 g/mol. The Morgan fingerprint density at radius 1 is 1.10 bits per heavy atom. The molecule has 0 bridgehead atoms. The fraction of sp³-hybridized carbons (Fsp3) is 0.444. The zero-order valence-corrected chi connectivity index (χ0v) is 16.8. The zero-order chi connectivity index (χ0) is 21.8. The van der Waals surface area contributed by atoms with Crippen LogP contribution in [0.5, 0.6) is 0 Å². The third-order valence-corrected chi connectivity index (χ3v) is 4.42. The number of aliphatic carboxylic acids is 1. The molecule has 0 spiro atoms. The van der Waals surface area contributed by atoms with Gasteiger partial charge >= 0.3 is 5.97 Å². The number of nitrogens with two attached hydrogens (primary N) is 2. The molecule has 3 atom stereocenters. The molecule has 0 aliphatic carbocycles. The van der Waals surface area contributed by atoms with Crippen LogP contribution in [-0.2, 0) is 20.8 Å². The van der Waals surface area contributed by atoms with Gasteiger partial charge in [0.2, 0.25) is 11.8 Å². The normalized spacial score (nSPS) is 13.6. The average Bonchev–Trinajstić information content (AvgIpc) is 2.68. The van der Waals surface area contributed by atoms with Crippen LogP contribution in [0.25, 0.3) is 0 Å². The van der Waals surface area contributed by atoms with Gasteiger partial charge in [0, 0.05) is 18.7 Å². The summed E-state index contributed by atoms with van der Waals surface area (Å²) in [5, 5.41) is 23.8. The number of rotatable bonds is 12. The lowest BCUT2D eigenvalue weighted by atomic mass is 10.0. The molecular formula is C18H28N6O4S. The Morgan fingerprint density at radius 2 is 1.72 bits per heavy atom. The molecule has 160 valence electrons. The molecule has 9 N–H and O–H groups in total. The Kier molecular flexibility index (Phi) is 10.6. The molecule has 0 unspecified atom stereocenters. The van der Waals surface area contributed by atoms with Crippen molar-refractivity contribution < 1.29 is 19.5 Å². The number of carbonyl (C=O) groups is 3. The number of thiol groups is 1. The summed E-state index contributed by atoms with van der Waals surface area (Å²) in [6, 6.07) is 5.99. The summed E-state index contributed by atoms with van der Waals surface area (Å²) in [7, 11) is 0. The first-order valence-electron chi connectivity index (χ1n) is 9.06. The molecule has 0 aliphatic heterocycles. The van der Waals surface area contributed by atoms with Crippen LogP contribution >= 0.6 is 12.6 Å². The van der Waals surface area contributed by atoms with Crippen LogP contribution in [0, 0.1) is 5.41 Å². The number of hydrogen-bond acceptors (Lipinski definition) is 6. The molecule has 0 radical (unpaired) electrons. The van der Waals surface area contributed by atoms with Crippen molar-refractivity contribution in [1.29, 1.82) is 5.41 Å². The first-order valence-corrected chi connectivity index (χ1v) is 9.69. The Hall–Kier alpha value is -2.79. The van der Waals surface area contributed by atoms with Crippen LogP contribution in [0.3, 0.4) is 0 Å². The number of carboxylic acids is 1. The number of guanidine groups is 1. The summed E-state index contributed by atoms with van der Waals surface area (Å²) in [4.78, 5) is 36.2. The van der Waals surface area contributed by atoms with Crippen molar-refractivity contribution >= 4 is 36.4 Å². The largest absolute Gasteiger partial charge is 0.480 e. The van der Waals surface area contributed by atoms with E-state index in [-0.39, 0.29) is 18.1 Å². The van der Waals surface area contributed by atoms with Gasteiger partial charge in [0.25, 0.3) is 0 Å². The Labute approximate surface area is 174 Å². The molecule has 0 aromatic heterocycles. The quantitative estimate of drug-likeness (QED) is 0.0897. The molecule has 0 fully saturated rings. The maximum Gasteiger partial charge on any atom is 0.327 e. The van der Waals surface area contributed by atoms with E-state index < -0.39 is 35.9 Å². The molecule has 0 aliphatic rings. The van der Waals surface area contributed by atoms with Crippen LogP contribution in [0.4, 0.5) is 0 Å². The Morgan fingerprint density at radius 3 is 2.28 bits per heavy atom. The molecule has 0 saturated carbocycles. The van der Waals surface area contributed by atoms with E-state index in [9.17, 15) is 14.4 Å². The molecular weight excluding hydrogens is 396 g/mol.